The molecule has 0 bridgehead atoms. The van der Waals surface area contributed by atoms with Crippen molar-refractivity contribution < 1.29 is 0 Å². The highest BCUT2D eigenvalue weighted by Crippen LogP contribution is 2.11. The van der Waals surface area contributed by atoms with Gasteiger partial charge >= 0.3 is 0 Å². The van der Waals surface area contributed by atoms with E-state index in [9.17, 15) is 0 Å². The highest BCUT2D eigenvalue weighted by atomic mass is 35.5. The molecule has 0 amide bonds. The minimum Gasteiger partial charge on any atom is -0.314 e. The minimum absolute atomic E-state index is 0.505. The van der Waals surface area contributed by atoms with E-state index in [2.05, 4.69) is 50.2 Å². The molecule has 0 saturated carbocycles. The Labute approximate surface area is 123 Å². The van der Waals surface area contributed by atoms with Crippen LogP contribution in [0.2, 0.25) is 5.02 Å². The first-order valence-electron chi connectivity index (χ1n) is 7.17. The molecule has 1 unspecified atom stereocenters. The molecule has 108 valence electrons. The van der Waals surface area contributed by atoms with Crippen LogP contribution in [0, 0.1) is 0 Å². The van der Waals surface area contributed by atoms with Gasteiger partial charge in [-0.3, -0.25) is 0 Å². The average molecular weight is 283 g/mol. The normalized spacial score (nSPS) is 13.2. The van der Waals surface area contributed by atoms with Gasteiger partial charge in [0.05, 0.1) is 0 Å². The van der Waals surface area contributed by atoms with Gasteiger partial charge in [0.15, 0.2) is 0 Å². The van der Waals surface area contributed by atoms with Crippen LogP contribution in [0.15, 0.2) is 24.3 Å². The molecule has 0 spiro atoms. The van der Waals surface area contributed by atoms with E-state index in [-0.39, 0.29) is 0 Å². The van der Waals surface area contributed by atoms with Crippen LogP contribution in [0.5, 0.6) is 0 Å². The van der Waals surface area contributed by atoms with Crippen molar-refractivity contribution in [2.45, 2.75) is 45.7 Å². The number of halogens is 1. The van der Waals surface area contributed by atoms with Gasteiger partial charge in [0.1, 0.15) is 0 Å². The lowest BCUT2D eigenvalue weighted by Crippen LogP contribution is -2.33. The molecule has 1 rings (SSSR count). The zero-order valence-electron chi connectivity index (χ0n) is 12.6. The Balaban J connectivity index is 2.17. The van der Waals surface area contributed by atoms with Gasteiger partial charge < -0.3 is 10.2 Å². The van der Waals surface area contributed by atoms with Gasteiger partial charge in [-0.15, -0.1) is 0 Å². The number of hydrogen-bond donors (Lipinski definition) is 1. The quantitative estimate of drug-likeness (QED) is 0.733. The molecule has 3 heteroatoms. The number of benzene rings is 1. The van der Waals surface area contributed by atoms with Crippen LogP contribution in [0.1, 0.15) is 32.8 Å². The van der Waals surface area contributed by atoms with Crippen molar-refractivity contribution in [3.63, 3.8) is 0 Å². The van der Waals surface area contributed by atoms with E-state index in [1.54, 1.807) is 0 Å². The molecule has 0 fully saturated rings. The summed E-state index contributed by atoms with van der Waals surface area (Å²) in [5.41, 5.74) is 1.34. The summed E-state index contributed by atoms with van der Waals surface area (Å²) in [5.74, 6) is 0. The maximum absolute atomic E-state index is 5.89. The van der Waals surface area contributed by atoms with Gasteiger partial charge in [0.25, 0.3) is 0 Å². The highest BCUT2D eigenvalue weighted by Gasteiger charge is 2.05. The van der Waals surface area contributed by atoms with Gasteiger partial charge in [-0.25, -0.2) is 0 Å². The molecule has 1 aromatic carbocycles. The highest BCUT2D eigenvalue weighted by molar-refractivity contribution is 6.30. The van der Waals surface area contributed by atoms with Gasteiger partial charge in [0.2, 0.25) is 0 Å². The number of rotatable bonds is 8. The van der Waals surface area contributed by atoms with E-state index in [1.165, 1.54) is 12.0 Å². The molecule has 0 aromatic heterocycles. The summed E-state index contributed by atoms with van der Waals surface area (Å²) in [5, 5.41) is 4.39. The standard InChI is InChI=1S/C16H27ClN2/c1-13(2)19(4)11-5-10-18-14(3)12-15-6-8-16(17)9-7-15/h6-9,13-14,18H,5,10-12H2,1-4H3. The predicted octanol–water partition coefficient (Wildman–Crippen LogP) is 3.59. The third-order valence-corrected chi connectivity index (χ3v) is 3.77. The SMILES string of the molecule is CC(Cc1ccc(Cl)cc1)NCCCN(C)C(C)C. The fourth-order valence-corrected chi connectivity index (χ4v) is 2.11. The van der Waals surface area contributed by atoms with Crippen molar-refractivity contribution in [3.8, 4) is 0 Å². The number of nitrogens with zero attached hydrogens (tertiary/aromatic N) is 1. The van der Waals surface area contributed by atoms with Crippen molar-refractivity contribution in [1.29, 1.82) is 0 Å². The van der Waals surface area contributed by atoms with Gasteiger partial charge in [-0.05, 0) is 71.4 Å². The molecular weight excluding hydrogens is 256 g/mol. The molecule has 0 heterocycles. The lowest BCUT2D eigenvalue weighted by Gasteiger charge is -2.21. The van der Waals surface area contributed by atoms with Crippen molar-refractivity contribution >= 4 is 11.6 Å². The van der Waals surface area contributed by atoms with Crippen LogP contribution in [0.25, 0.3) is 0 Å². The summed E-state index contributed by atoms with van der Waals surface area (Å²) in [4.78, 5) is 2.38. The zero-order chi connectivity index (χ0) is 14.3. The second kappa shape index (κ2) is 8.57. The van der Waals surface area contributed by atoms with Gasteiger partial charge in [0, 0.05) is 17.1 Å². The molecule has 2 nitrogen and oxygen atoms in total. The Morgan fingerprint density at radius 2 is 1.79 bits per heavy atom. The predicted molar refractivity (Wildman–Crippen MR) is 85.0 cm³/mol. The van der Waals surface area contributed by atoms with E-state index in [4.69, 9.17) is 11.6 Å². The maximum atomic E-state index is 5.89. The van der Waals surface area contributed by atoms with Crippen molar-refractivity contribution in [2.24, 2.45) is 0 Å². The largest absolute Gasteiger partial charge is 0.314 e. The fraction of sp³-hybridized carbons (Fsp3) is 0.625. The van der Waals surface area contributed by atoms with Gasteiger partial charge in [-0.2, -0.15) is 0 Å². The van der Waals surface area contributed by atoms with E-state index in [0.29, 0.717) is 12.1 Å². The second-order valence-electron chi connectivity index (χ2n) is 5.61. The maximum Gasteiger partial charge on any atom is 0.0406 e. The van der Waals surface area contributed by atoms with Crippen LogP contribution in [-0.4, -0.2) is 37.1 Å². The lowest BCUT2D eigenvalue weighted by molar-refractivity contribution is 0.268. The van der Waals surface area contributed by atoms with Crippen LogP contribution < -0.4 is 5.32 Å². The first kappa shape index (κ1) is 16.5. The Morgan fingerprint density at radius 3 is 2.37 bits per heavy atom. The topological polar surface area (TPSA) is 15.3 Å². The Bertz CT molecular complexity index is 348. The summed E-state index contributed by atoms with van der Waals surface area (Å²) in [6.45, 7) is 8.93. The molecule has 0 aliphatic carbocycles. The third kappa shape index (κ3) is 6.95. The van der Waals surface area contributed by atoms with E-state index in [0.717, 1.165) is 24.5 Å². The summed E-state index contributed by atoms with van der Waals surface area (Å²) in [6, 6.07) is 9.26. The van der Waals surface area contributed by atoms with Crippen LogP contribution in [0.3, 0.4) is 0 Å². The first-order chi connectivity index (χ1) is 8.99. The van der Waals surface area contributed by atoms with E-state index >= 15 is 0 Å². The Kier molecular flexibility index (Phi) is 7.44. The monoisotopic (exact) mass is 282 g/mol. The minimum atomic E-state index is 0.505. The first-order valence-corrected chi connectivity index (χ1v) is 7.55. The average Bonchev–Trinajstić information content (AvgIpc) is 2.37. The number of hydrogen-bond acceptors (Lipinski definition) is 2. The Hall–Kier alpha value is -0.570. The molecule has 0 saturated heterocycles. The third-order valence-electron chi connectivity index (χ3n) is 3.52. The molecular formula is C16H27ClN2. The van der Waals surface area contributed by atoms with Gasteiger partial charge in [-0.1, -0.05) is 23.7 Å². The van der Waals surface area contributed by atoms with E-state index < -0.39 is 0 Å². The summed E-state index contributed by atoms with van der Waals surface area (Å²) in [7, 11) is 2.18. The summed E-state index contributed by atoms with van der Waals surface area (Å²) >= 11 is 5.89. The van der Waals surface area contributed by atoms with Crippen molar-refractivity contribution in [3.05, 3.63) is 34.9 Å². The molecule has 0 radical (unpaired) electrons. The molecule has 1 atom stereocenters. The van der Waals surface area contributed by atoms with Crippen LogP contribution >= 0.6 is 11.6 Å². The fourth-order valence-electron chi connectivity index (χ4n) is 1.98. The molecule has 19 heavy (non-hydrogen) atoms. The van der Waals surface area contributed by atoms with Crippen LogP contribution in [-0.2, 0) is 6.42 Å². The summed E-state index contributed by atoms with van der Waals surface area (Å²) in [6.07, 6.45) is 2.25. The smallest absolute Gasteiger partial charge is 0.0406 e. The lowest BCUT2D eigenvalue weighted by atomic mass is 10.1. The molecule has 0 aliphatic heterocycles. The van der Waals surface area contributed by atoms with Crippen molar-refractivity contribution in [2.75, 3.05) is 20.1 Å². The number of nitrogens with one attached hydrogen (secondary N) is 1. The Morgan fingerprint density at radius 1 is 1.16 bits per heavy atom. The zero-order valence-corrected chi connectivity index (χ0v) is 13.4. The van der Waals surface area contributed by atoms with Crippen molar-refractivity contribution in [1.82, 2.24) is 10.2 Å². The second-order valence-corrected chi connectivity index (χ2v) is 6.05. The molecule has 1 N–H and O–H groups in total. The molecule has 0 aliphatic rings. The van der Waals surface area contributed by atoms with E-state index in [1.807, 2.05) is 12.1 Å². The van der Waals surface area contributed by atoms with Crippen LogP contribution in [0.4, 0.5) is 0 Å². The molecule has 1 aromatic rings. The summed E-state index contributed by atoms with van der Waals surface area (Å²) < 4.78 is 0.